The van der Waals surface area contributed by atoms with E-state index in [9.17, 15) is 4.79 Å². The van der Waals surface area contributed by atoms with Crippen LogP contribution in [0.5, 0.6) is 0 Å². The highest BCUT2D eigenvalue weighted by atomic mass is 79.9. The molecule has 2 heterocycles. The lowest BCUT2D eigenvalue weighted by molar-refractivity contribution is 0.0661. The molecule has 0 spiro atoms. The Balaban J connectivity index is 2.10. The second-order valence-electron chi connectivity index (χ2n) is 3.92. The summed E-state index contributed by atoms with van der Waals surface area (Å²) in [7, 11) is 0. The third-order valence-electron chi connectivity index (χ3n) is 2.66. The summed E-state index contributed by atoms with van der Waals surface area (Å²) in [6.07, 6.45) is 3.43. The van der Waals surface area contributed by atoms with Gasteiger partial charge < -0.3 is 13.9 Å². The van der Waals surface area contributed by atoms with E-state index in [0.29, 0.717) is 15.9 Å². The predicted molar refractivity (Wildman–Crippen MR) is 60.8 cm³/mol. The fourth-order valence-electron chi connectivity index (χ4n) is 1.68. The van der Waals surface area contributed by atoms with Gasteiger partial charge in [0.25, 0.3) is 0 Å². The van der Waals surface area contributed by atoms with Crippen LogP contribution in [0.3, 0.4) is 0 Å². The molecule has 17 heavy (non-hydrogen) atoms. The number of halogens is 1. The van der Waals surface area contributed by atoms with Gasteiger partial charge in [-0.05, 0) is 34.8 Å². The lowest BCUT2D eigenvalue weighted by Crippen LogP contribution is -1.98. The van der Waals surface area contributed by atoms with Gasteiger partial charge in [-0.15, -0.1) is 0 Å². The van der Waals surface area contributed by atoms with Gasteiger partial charge in [-0.3, -0.25) is 0 Å². The molecule has 0 amide bonds. The number of carboxylic acid groups (broad SMARTS) is 1. The van der Waals surface area contributed by atoms with E-state index in [0.717, 1.165) is 12.8 Å². The average Bonchev–Trinajstić information content (AvgIpc) is 2.88. The van der Waals surface area contributed by atoms with Crippen LogP contribution in [0.4, 0.5) is 0 Å². The van der Waals surface area contributed by atoms with Gasteiger partial charge in [-0.25, -0.2) is 9.78 Å². The predicted octanol–water partition coefficient (Wildman–Crippen LogP) is 3.27. The Morgan fingerprint density at radius 1 is 1.53 bits per heavy atom. The standard InChI is InChI=1S/C11H8BrNO4/c12-9-6(3-4-16-9)10-13-7(5-1-2-5)8(17-10)11(14)15/h3-5H,1-2H2,(H,14,15). The first-order valence-corrected chi connectivity index (χ1v) is 5.93. The van der Waals surface area contributed by atoms with Crippen molar-refractivity contribution in [3.63, 3.8) is 0 Å². The highest BCUT2D eigenvalue weighted by Crippen LogP contribution is 2.43. The second kappa shape index (κ2) is 3.73. The summed E-state index contributed by atoms with van der Waals surface area (Å²) in [4.78, 5) is 15.3. The number of carbonyl (C=O) groups is 1. The lowest BCUT2D eigenvalue weighted by atomic mass is 10.2. The molecule has 0 aromatic carbocycles. The quantitative estimate of drug-likeness (QED) is 0.941. The van der Waals surface area contributed by atoms with Crippen LogP contribution in [0.2, 0.25) is 0 Å². The summed E-state index contributed by atoms with van der Waals surface area (Å²) in [6, 6.07) is 1.68. The number of nitrogens with zero attached hydrogens (tertiary/aromatic N) is 1. The SMILES string of the molecule is O=C(O)c1oc(-c2ccoc2Br)nc1C1CC1. The van der Waals surface area contributed by atoms with E-state index in [2.05, 4.69) is 20.9 Å². The van der Waals surface area contributed by atoms with Crippen molar-refractivity contribution < 1.29 is 18.7 Å². The molecule has 1 aliphatic rings. The zero-order valence-corrected chi connectivity index (χ0v) is 10.2. The van der Waals surface area contributed by atoms with E-state index >= 15 is 0 Å². The fourth-order valence-corrected chi connectivity index (χ4v) is 2.09. The molecule has 0 saturated heterocycles. The van der Waals surface area contributed by atoms with Gasteiger partial charge in [0.1, 0.15) is 0 Å². The van der Waals surface area contributed by atoms with Crippen LogP contribution < -0.4 is 0 Å². The van der Waals surface area contributed by atoms with Crippen molar-refractivity contribution in [3.05, 3.63) is 28.5 Å². The summed E-state index contributed by atoms with van der Waals surface area (Å²) >= 11 is 3.21. The summed E-state index contributed by atoms with van der Waals surface area (Å²) in [5.74, 6) is -0.630. The molecule has 88 valence electrons. The monoisotopic (exact) mass is 297 g/mol. The molecule has 0 aliphatic heterocycles. The minimum absolute atomic E-state index is 0.0596. The molecule has 1 fully saturated rings. The minimum atomic E-state index is -1.08. The number of oxazole rings is 1. The van der Waals surface area contributed by atoms with E-state index < -0.39 is 5.97 Å². The Morgan fingerprint density at radius 2 is 2.29 bits per heavy atom. The van der Waals surface area contributed by atoms with Gasteiger partial charge in [-0.1, -0.05) is 0 Å². The first-order valence-electron chi connectivity index (χ1n) is 5.14. The van der Waals surface area contributed by atoms with Crippen LogP contribution in [0, 0.1) is 0 Å². The van der Waals surface area contributed by atoms with Crippen molar-refractivity contribution >= 4 is 21.9 Å². The molecular weight excluding hydrogens is 290 g/mol. The maximum Gasteiger partial charge on any atom is 0.373 e. The van der Waals surface area contributed by atoms with Gasteiger partial charge in [-0.2, -0.15) is 0 Å². The first kappa shape index (κ1) is 10.6. The maximum absolute atomic E-state index is 11.1. The average molecular weight is 298 g/mol. The smallest absolute Gasteiger partial charge is 0.373 e. The molecule has 3 rings (SSSR count). The molecule has 0 bridgehead atoms. The topological polar surface area (TPSA) is 76.5 Å². The second-order valence-corrected chi connectivity index (χ2v) is 4.64. The summed E-state index contributed by atoms with van der Waals surface area (Å²) in [6.45, 7) is 0. The first-order chi connectivity index (χ1) is 8.16. The Hall–Kier alpha value is -1.56. The van der Waals surface area contributed by atoms with Gasteiger partial charge >= 0.3 is 5.97 Å². The van der Waals surface area contributed by atoms with Crippen LogP contribution in [0.25, 0.3) is 11.5 Å². The lowest BCUT2D eigenvalue weighted by Gasteiger charge is -1.89. The van der Waals surface area contributed by atoms with E-state index in [1.165, 1.54) is 6.26 Å². The number of hydrogen-bond acceptors (Lipinski definition) is 4. The highest BCUT2D eigenvalue weighted by Gasteiger charge is 2.34. The van der Waals surface area contributed by atoms with Crippen LogP contribution >= 0.6 is 15.9 Å². The van der Waals surface area contributed by atoms with Crippen molar-refractivity contribution in [1.29, 1.82) is 0 Å². The van der Waals surface area contributed by atoms with Crippen LogP contribution in [-0.2, 0) is 0 Å². The van der Waals surface area contributed by atoms with Crippen LogP contribution in [0.1, 0.15) is 35.0 Å². The van der Waals surface area contributed by atoms with E-state index in [-0.39, 0.29) is 17.6 Å². The van der Waals surface area contributed by atoms with E-state index in [1.807, 2.05) is 0 Å². The Kier molecular flexibility index (Phi) is 2.32. The zero-order valence-electron chi connectivity index (χ0n) is 8.64. The molecule has 2 aromatic rings. The van der Waals surface area contributed by atoms with Crippen molar-refractivity contribution in [2.45, 2.75) is 18.8 Å². The fraction of sp³-hybridized carbons (Fsp3) is 0.273. The van der Waals surface area contributed by atoms with E-state index in [4.69, 9.17) is 13.9 Å². The number of furan rings is 1. The van der Waals surface area contributed by atoms with E-state index in [1.54, 1.807) is 6.07 Å². The van der Waals surface area contributed by atoms with Gasteiger partial charge in [0.15, 0.2) is 4.67 Å². The molecule has 0 unspecified atom stereocenters. The molecule has 0 atom stereocenters. The molecule has 6 heteroatoms. The van der Waals surface area contributed by atoms with Gasteiger partial charge in [0.05, 0.1) is 17.5 Å². The van der Waals surface area contributed by atoms with Crippen molar-refractivity contribution in [3.8, 4) is 11.5 Å². The maximum atomic E-state index is 11.1. The molecule has 1 saturated carbocycles. The number of hydrogen-bond donors (Lipinski definition) is 1. The number of aromatic carboxylic acids is 1. The molecule has 2 aromatic heterocycles. The van der Waals surface area contributed by atoms with Crippen LogP contribution in [0.15, 0.2) is 25.8 Å². The number of rotatable bonds is 3. The molecule has 5 nitrogen and oxygen atoms in total. The number of carboxylic acids is 1. The minimum Gasteiger partial charge on any atom is -0.475 e. The normalized spacial score (nSPS) is 15.1. The summed E-state index contributed by atoms with van der Waals surface area (Å²) in [5.41, 5.74) is 1.17. The highest BCUT2D eigenvalue weighted by molar-refractivity contribution is 9.10. The summed E-state index contributed by atoms with van der Waals surface area (Å²) in [5, 5.41) is 9.05. The third-order valence-corrected chi connectivity index (χ3v) is 3.27. The largest absolute Gasteiger partial charge is 0.475 e. The molecule has 0 radical (unpaired) electrons. The summed E-state index contributed by atoms with van der Waals surface area (Å²) < 4.78 is 10.9. The Labute approximate surface area is 105 Å². The zero-order chi connectivity index (χ0) is 12.0. The molecule has 1 N–H and O–H groups in total. The van der Waals surface area contributed by atoms with Crippen molar-refractivity contribution in [1.82, 2.24) is 4.98 Å². The van der Waals surface area contributed by atoms with Gasteiger partial charge in [0, 0.05) is 5.92 Å². The molecular formula is C11H8BrNO4. The Bertz CT molecular complexity index is 582. The third kappa shape index (κ3) is 1.78. The van der Waals surface area contributed by atoms with Gasteiger partial charge in [0.2, 0.25) is 11.7 Å². The van der Waals surface area contributed by atoms with Crippen molar-refractivity contribution in [2.75, 3.05) is 0 Å². The molecule has 1 aliphatic carbocycles. The number of aromatic nitrogens is 1. The van der Waals surface area contributed by atoms with Crippen LogP contribution in [-0.4, -0.2) is 16.1 Å². The Morgan fingerprint density at radius 3 is 2.82 bits per heavy atom. The van der Waals surface area contributed by atoms with Crippen molar-refractivity contribution in [2.24, 2.45) is 0 Å².